The van der Waals surface area contributed by atoms with Gasteiger partial charge in [-0.3, -0.25) is 9.78 Å². The van der Waals surface area contributed by atoms with E-state index >= 15 is 0 Å². The minimum atomic E-state index is -0.833. The lowest BCUT2D eigenvalue weighted by Crippen LogP contribution is -1.98. The molecule has 4 N–H and O–H groups in total. The van der Waals surface area contributed by atoms with Gasteiger partial charge in [-0.1, -0.05) is 14.4 Å². The van der Waals surface area contributed by atoms with E-state index in [1.54, 1.807) is 6.92 Å². The van der Waals surface area contributed by atoms with Crippen LogP contribution in [0, 0.1) is 34.6 Å². The van der Waals surface area contributed by atoms with Gasteiger partial charge in [0, 0.05) is 24.7 Å². The molecule has 0 aliphatic heterocycles. The summed E-state index contributed by atoms with van der Waals surface area (Å²) in [5, 5.41) is 7.42. The summed E-state index contributed by atoms with van der Waals surface area (Å²) in [7, 11) is 0. The first-order chi connectivity index (χ1) is 10.5. The van der Waals surface area contributed by atoms with Gasteiger partial charge in [0.1, 0.15) is 12.1 Å². The highest BCUT2D eigenvalue weighted by Crippen LogP contribution is 2.16. The number of aldehydes is 1. The lowest BCUT2D eigenvalue weighted by atomic mass is 10.0. The molecule has 0 aromatic carbocycles. The van der Waals surface area contributed by atoms with Crippen LogP contribution >= 0.6 is 0 Å². The molecule has 0 fully saturated rings. The third kappa shape index (κ3) is 21.9. The van der Waals surface area contributed by atoms with Crippen molar-refractivity contribution in [2.24, 2.45) is 0 Å². The van der Waals surface area contributed by atoms with Gasteiger partial charge in [-0.15, -0.1) is 0 Å². The molecule has 148 valence electrons. The number of rotatable bonds is 1. The molecule has 6 nitrogen and oxygen atoms in total. The summed E-state index contributed by atoms with van der Waals surface area (Å²) >= 11 is 0. The zero-order valence-corrected chi connectivity index (χ0v) is 16.6. The van der Waals surface area contributed by atoms with E-state index in [0.717, 1.165) is 24.6 Å². The summed E-state index contributed by atoms with van der Waals surface area (Å²) in [6, 6.07) is 0. The molecule has 0 aliphatic carbocycles. The van der Waals surface area contributed by atoms with Crippen LogP contribution in [-0.4, -0.2) is 28.1 Å². The molecule has 0 saturated carbocycles. The number of carbonyl (C=O) groups is 3. The second-order valence-electron chi connectivity index (χ2n) is 4.97. The fourth-order valence-electron chi connectivity index (χ4n) is 1.24. The number of carboxylic acids is 1. The predicted octanol–water partition coefficient (Wildman–Crippen LogP) is 4.70. The molecule has 0 atom stereocenters. The Morgan fingerprint density at radius 2 is 1.16 bits per heavy atom. The Hall–Kier alpha value is -2.08. The Morgan fingerprint density at radius 3 is 1.32 bits per heavy atom. The van der Waals surface area contributed by atoms with Crippen molar-refractivity contribution in [3.8, 4) is 0 Å². The molecule has 25 heavy (non-hydrogen) atoms. The maximum atomic E-state index is 9.81. The summed E-state index contributed by atoms with van der Waals surface area (Å²) in [5.41, 5.74) is 6.35. The Kier molecular flexibility index (Phi) is 27.4. The van der Waals surface area contributed by atoms with Crippen LogP contribution in [0.25, 0.3) is 0 Å². The van der Waals surface area contributed by atoms with Gasteiger partial charge in [-0.25, -0.2) is 0 Å². The van der Waals surface area contributed by atoms with Gasteiger partial charge in [0.2, 0.25) is 0 Å². The number of carboxylic acid groups (broad SMARTS) is 1. The molecule has 0 radical (unpaired) electrons. The van der Waals surface area contributed by atoms with Crippen molar-refractivity contribution in [2.75, 3.05) is 0 Å². The lowest BCUT2D eigenvalue weighted by molar-refractivity contribution is -0.134. The number of ketones is 1. The SMILES string of the molecule is C.CC(=O)O.CC=O.CCC(C)=O.Cc1nc(C)c(C)c(C)c1C.N. The molecule has 0 unspecified atom stereocenters. The molecule has 0 aliphatic rings. The topological polar surface area (TPSA) is 119 Å². The maximum Gasteiger partial charge on any atom is 0.300 e. The molecular weight excluding hydrogens is 320 g/mol. The first-order valence-electron chi connectivity index (χ1n) is 7.45. The Bertz CT molecular complexity index is 482. The number of aliphatic carboxylic acids is 1. The van der Waals surface area contributed by atoms with E-state index in [9.17, 15) is 4.79 Å². The number of nitrogens with zero attached hydrogens (tertiary/aromatic N) is 1. The molecule has 0 bridgehead atoms. The molecule has 0 saturated heterocycles. The van der Waals surface area contributed by atoms with Crippen LogP contribution in [0.4, 0.5) is 0 Å². The van der Waals surface area contributed by atoms with Crippen LogP contribution < -0.4 is 6.15 Å². The summed E-state index contributed by atoms with van der Waals surface area (Å²) in [5.74, 6) is -0.579. The van der Waals surface area contributed by atoms with Crippen molar-refractivity contribution < 1.29 is 19.5 Å². The second-order valence-corrected chi connectivity index (χ2v) is 4.97. The van der Waals surface area contributed by atoms with Crippen LogP contribution in [0.2, 0.25) is 0 Å². The highest BCUT2D eigenvalue weighted by atomic mass is 16.4. The molecule has 0 spiro atoms. The number of aryl methyl sites for hydroxylation is 2. The quantitative estimate of drug-likeness (QED) is 0.702. The average molecular weight is 359 g/mol. The van der Waals surface area contributed by atoms with E-state index in [1.807, 2.05) is 6.92 Å². The maximum absolute atomic E-state index is 9.81. The zero-order chi connectivity index (χ0) is 19.2. The van der Waals surface area contributed by atoms with Crippen molar-refractivity contribution in [2.45, 2.75) is 76.2 Å². The van der Waals surface area contributed by atoms with Crippen LogP contribution in [0.1, 0.15) is 69.6 Å². The average Bonchev–Trinajstić information content (AvgIpc) is 2.44. The smallest absolute Gasteiger partial charge is 0.300 e. The van der Waals surface area contributed by atoms with E-state index in [2.05, 4.69) is 39.6 Å². The zero-order valence-electron chi connectivity index (χ0n) is 16.6. The van der Waals surface area contributed by atoms with Crippen molar-refractivity contribution >= 4 is 18.0 Å². The minimum absolute atomic E-state index is 0. The molecule has 1 aromatic heterocycles. The van der Waals surface area contributed by atoms with Crippen molar-refractivity contribution in [1.29, 1.82) is 0 Å². The summed E-state index contributed by atoms with van der Waals surface area (Å²) in [6.07, 6.45) is 1.42. The number of hydrogen-bond acceptors (Lipinski definition) is 5. The molecule has 6 heteroatoms. The Morgan fingerprint density at radius 1 is 0.960 bits per heavy atom. The molecule has 1 aromatic rings. The standard InChI is InChI=1S/C10H15N.C4H8O.C2H4O2.C2H4O.CH4.H3N/c1-6-7(2)9(4)11-10(5)8(6)3;1-3-4(2)5;1-2(3)4;1-2-3;;/h1-5H3;3H2,1-2H3;1H3,(H,3,4);2H,1H3;1H4;1H3. The molecule has 1 heterocycles. The monoisotopic (exact) mass is 358 g/mol. The van der Waals surface area contributed by atoms with Gasteiger partial charge in [0.05, 0.1) is 0 Å². The van der Waals surface area contributed by atoms with Gasteiger partial charge in [-0.2, -0.15) is 0 Å². The Balaban J connectivity index is -0.0000000813. The molecule has 0 amide bonds. The van der Waals surface area contributed by atoms with E-state index in [4.69, 9.17) is 14.7 Å². The number of hydrogen-bond donors (Lipinski definition) is 2. The fraction of sp³-hybridized carbons (Fsp3) is 0.579. The van der Waals surface area contributed by atoms with Crippen LogP contribution in [0.3, 0.4) is 0 Å². The van der Waals surface area contributed by atoms with E-state index < -0.39 is 5.97 Å². The first kappa shape index (κ1) is 34.3. The van der Waals surface area contributed by atoms with Crippen LogP contribution in [0.5, 0.6) is 0 Å². The first-order valence-corrected chi connectivity index (χ1v) is 7.45. The van der Waals surface area contributed by atoms with Gasteiger partial charge in [0.25, 0.3) is 5.97 Å². The second kappa shape index (κ2) is 20.0. The third-order valence-electron chi connectivity index (χ3n) is 3.04. The lowest BCUT2D eigenvalue weighted by Gasteiger charge is -2.09. The summed E-state index contributed by atoms with van der Waals surface area (Å²) in [4.78, 5) is 32.1. The van der Waals surface area contributed by atoms with Crippen molar-refractivity contribution in [1.82, 2.24) is 11.1 Å². The summed E-state index contributed by atoms with van der Waals surface area (Å²) in [6.45, 7) is 16.5. The summed E-state index contributed by atoms with van der Waals surface area (Å²) < 4.78 is 0. The van der Waals surface area contributed by atoms with Gasteiger partial charge in [0.15, 0.2) is 0 Å². The van der Waals surface area contributed by atoms with Crippen molar-refractivity contribution in [3.05, 3.63) is 28.1 Å². The van der Waals surface area contributed by atoms with E-state index in [-0.39, 0.29) is 19.4 Å². The van der Waals surface area contributed by atoms with Gasteiger partial charge >= 0.3 is 0 Å². The third-order valence-corrected chi connectivity index (χ3v) is 3.04. The van der Waals surface area contributed by atoms with E-state index in [1.165, 1.54) is 23.6 Å². The Labute approximate surface area is 153 Å². The highest BCUT2D eigenvalue weighted by molar-refractivity contribution is 5.74. The highest BCUT2D eigenvalue weighted by Gasteiger charge is 2.03. The fourth-order valence-corrected chi connectivity index (χ4v) is 1.24. The largest absolute Gasteiger partial charge is 0.481 e. The van der Waals surface area contributed by atoms with Crippen LogP contribution in [-0.2, 0) is 14.4 Å². The minimum Gasteiger partial charge on any atom is -0.481 e. The molecule has 1 rings (SSSR count). The van der Waals surface area contributed by atoms with Crippen LogP contribution in [0.15, 0.2) is 0 Å². The van der Waals surface area contributed by atoms with Gasteiger partial charge in [-0.05, 0) is 65.2 Å². The number of aromatic nitrogens is 1. The predicted molar refractivity (Wildman–Crippen MR) is 106 cm³/mol. The van der Waals surface area contributed by atoms with E-state index in [0.29, 0.717) is 6.42 Å². The van der Waals surface area contributed by atoms with Gasteiger partial charge < -0.3 is 20.8 Å². The number of Topliss-reactive ketones (excluding diaryl/α,β-unsaturated/α-hetero) is 1. The number of pyridine rings is 1. The van der Waals surface area contributed by atoms with Crippen molar-refractivity contribution in [3.63, 3.8) is 0 Å². The normalized spacial score (nSPS) is 7.56. The molecular formula is C19H38N2O4. The number of carbonyl (C=O) groups excluding carboxylic acids is 2.